The number of carbonyl (C=O) groups excluding carboxylic acids is 1. The molecule has 0 N–H and O–H groups in total. The van der Waals surface area contributed by atoms with Gasteiger partial charge in [-0.1, -0.05) is 18.2 Å². The topological polar surface area (TPSA) is 43.7 Å². The van der Waals surface area contributed by atoms with Gasteiger partial charge < -0.3 is 18.9 Å². The van der Waals surface area contributed by atoms with Gasteiger partial charge in [0.15, 0.2) is 11.5 Å². The fraction of sp³-hybridized carbons (Fsp3) is 0.261. The van der Waals surface area contributed by atoms with Gasteiger partial charge in [-0.25, -0.2) is 0 Å². The molecule has 5 nitrogen and oxygen atoms in total. The molecule has 0 aliphatic heterocycles. The van der Waals surface area contributed by atoms with Crippen LogP contribution in [0, 0.1) is 0 Å². The van der Waals surface area contributed by atoms with Gasteiger partial charge in [0, 0.05) is 31.7 Å². The summed E-state index contributed by atoms with van der Waals surface area (Å²) in [4.78, 5) is 14.3. The summed E-state index contributed by atoms with van der Waals surface area (Å²) in [7, 11) is 5.09. The van der Waals surface area contributed by atoms with Crippen LogP contribution >= 0.6 is 0 Å². The summed E-state index contributed by atoms with van der Waals surface area (Å²) in [5.74, 6) is 1.52. The Morgan fingerprint density at radius 3 is 2.21 bits per heavy atom. The first-order chi connectivity index (χ1) is 13.6. The zero-order chi connectivity index (χ0) is 19.9. The van der Waals surface area contributed by atoms with E-state index in [4.69, 9.17) is 9.47 Å². The van der Waals surface area contributed by atoms with E-state index < -0.39 is 0 Å². The normalized spacial score (nSPS) is 10.5. The number of hydrogen-bond acceptors (Lipinski definition) is 3. The number of methoxy groups -OCH3 is 2. The van der Waals surface area contributed by atoms with E-state index >= 15 is 0 Å². The van der Waals surface area contributed by atoms with Gasteiger partial charge in [-0.15, -0.1) is 0 Å². The molecule has 0 atom stereocenters. The maximum atomic E-state index is 12.5. The van der Waals surface area contributed by atoms with Crippen LogP contribution in [0.1, 0.15) is 11.1 Å². The summed E-state index contributed by atoms with van der Waals surface area (Å²) in [6, 6.07) is 17.9. The second kappa shape index (κ2) is 9.13. The van der Waals surface area contributed by atoms with Crippen molar-refractivity contribution in [2.75, 3.05) is 27.8 Å². The molecule has 3 rings (SSSR count). The summed E-state index contributed by atoms with van der Waals surface area (Å²) >= 11 is 0. The molecule has 3 aromatic rings. The van der Waals surface area contributed by atoms with E-state index in [0.29, 0.717) is 24.5 Å². The largest absolute Gasteiger partial charge is 0.493 e. The minimum atomic E-state index is 0.106. The van der Waals surface area contributed by atoms with E-state index in [1.165, 1.54) is 0 Å². The van der Waals surface area contributed by atoms with Crippen molar-refractivity contribution in [1.82, 2.24) is 9.47 Å². The van der Waals surface area contributed by atoms with Crippen LogP contribution in [0.25, 0.3) is 5.69 Å². The van der Waals surface area contributed by atoms with Crippen molar-refractivity contribution in [3.8, 4) is 17.2 Å². The van der Waals surface area contributed by atoms with E-state index in [-0.39, 0.29) is 5.91 Å². The molecule has 0 saturated heterocycles. The van der Waals surface area contributed by atoms with E-state index in [9.17, 15) is 4.79 Å². The van der Waals surface area contributed by atoms with Crippen LogP contribution in [0.5, 0.6) is 11.5 Å². The first-order valence-electron chi connectivity index (χ1n) is 9.28. The third-order valence-corrected chi connectivity index (χ3v) is 4.80. The summed E-state index contributed by atoms with van der Waals surface area (Å²) in [6.45, 7) is 0.649. The van der Waals surface area contributed by atoms with Crippen LogP contribution in [0.3, 0.4) is 0 Å². The van der Waals surface area contributed by atoms with Gasteiger partial charge in [0.1, 0.15) is 0 Å². The molecular weight excluding hydrogens is 352 g/mol. The number of carbonyl (C=O) groups is 1. The molecule has 0 radical (unpaired) electrons. The van der Waals surface area contributed by atoms with Crippen LogP contribution in [0.15, 0.2) is 67.0 Å². The van der Waals surface area contributed by atoms with Crippen molar-refractivity contribution < 1.29 is 14.3 Å². The second-order valence-corrected chi connectivity index (χ2v) is 6.69. The second-order valence-electron chi connectivity index (χ2n) is 6.69. The lowest BCUT2D eigenvalue weighted by molar-refractivity contribution is -0.129. The number of aromatic nitrogens is 1. The van der Waals surface area contributed by atoms with Crippen molar-refractivity contribution in [1.29, 1.82) is 0 Å². The van der Waals surface area contributed by atoms with Gasteiger partial charge in [-0.2, -0.15) is 0 Å². The van der Waals surface area contributed by atoms with Gasteiger partial charge in [-0.05, 0) is 53.9 Å². The number of benzene rings is 2. The van der Waals surface area contributed by atoms with Gasteiger partial charge in [-0.3, -0.25) is 4.79 Å². The van der Waals surface area contributed by atoms with Gasteiger partial charge in [0.2, 0.25) is 5.91 Å². The number of hydrogen-bond donors (Lipinski definition) is 0. The van der Waals surface area contributed by atoms with Crippen molar-refractivity contribution in [3.05, 3.63) is 78.1 Å². The first kappa shape index (κ1) is 19.5. The lowest BCUT2D eigenvalue weighted by Gasteiger charge is -2.18. The molecule has 0 unspecified atom stereocenters. The molecule has 2 aromatic carbocycles. The summed E-state index contributed by atoms with van der Waals surface area (Å²) in [5, 5.41) is 0. The van der Waals surface area contributed by atoms with Crippen LogP contribution in [0.4, 0.5) is 0 Å². The smallest absolute Gasteiger partial charge is 0.226 e. The molecule has 0 spiro atoms. The van der Waals surface area contributed by atoms with Crippen LogP contribution in [-0.4, -0.2) is 43.2 Å². The Morgan fingerprint density at radius 1 is 0.929 bits per heavy atom. The van der Waals surface area contributed by atoms with Gasteiger partial charge >= 0.3 is 0 Å². The molecule has 28 heavy (non-hydrogen) atoms. The van der Waals surface area contributed by atoms with Gasteiger partial charge in [0.05, 0.1) is 20.6 Å². The molecule has 0 bridgehead atoms. The molecule has 1 amide bonds. The number of likely N-dealkylation sites (N-methyl/N-ethyl adjacent to an activating group) is 1. The zero-order valence-electron chi connectivity index (χ0n) is 16.6. The SMILES string of the molecule is COc1ccc(CCN(C)C(=O)Cc2ccc(-n3cccc3)cc2)cc1OC. The third-order valence-electron chi connectivity index (χ3n) is 4.80. The van der Waals surface area contributed by atoms with Crippen molar-refractivity contribution >= 4 is 5.91 Å². The molecule has 5 heteroatoms. The quantitative estimate of drug-likeness (QED) is 0.600. The maximum Gasteiger partial charge on any atom is 0.226 e. The molecule has 0 fully saturated rings. The molecule has 1 aromatic heterocycles. The van der Waals surface area contributed by atoms with Crippen molar-refractivity contribution in [2.24, 2.45) is 0 Å². The van der Waals surface area contributed by atoms with Gasteiger partial charge in [0.25, 0.3) is 0 Å². The van der Waals surface area contributed by atoms with Crippen LogP contribution in [-0.2, 0) is 17.6 Å². The monoisotopic (exact) mass is 378 g/mol. The highest BCUT2D eigenvalue weighted by Gasteiger charge is 2.11. The Labute approximate surface area is 166 Å². The fourth-order valence-corrected chi connectivity index (χ4v) is 3.06. The van der Waals surface area contributed by atoms with Crippen molar-refractivity contribution in [2.45, 2.75) is 12.8 Å². The lowest BCUT2D eigenvalue weighted by atomic mass is 10.1. The summed E-state index contributed by atoms with van der Waals surface area (Å²) in [6.07, 6.45) is 5.16. The zero-order valence-corrected chi connectivity index (χ0v) is 16.6. The molecule has 146 valence electrons. The highest BCUT2D eigenvalue weighted by Crippen LogP contribution is 2.27. The highest BCUT2D eigenvalue weighted by molar-refractivity contribution is 5.78. The van der Waals surface area contributed by atoms with Crippen molar-refractivity contribution in [3.63, 3.8) is 0 Å². The van der Waals surface area contributed by atoms with Crippen LogP contribution in [0.2, 0.25) is 0 Å². The molecule has 0 aliphatic carbocycles. The average molecular weight is 378 g/mol. The van der Waals surface area contributed by atoms with E-state index in [1.807, 2.05) is 78.6 Å². The predicted octanol–water partition coefficient (Wildman–Crippen LogP) is 3.74. The standard InChI is InChI=1S/C23H26N2O3/c1-24(15-12-19-8-11-21(27-2)22(16-19)28-3)23(26)17-18-6-9-20(10-7-18)25-13-4-5-14-25/h4-11,13-14,16H,12,15,17H2,1-3H3. The highest BCUT2D eigenvalue weighted by atomic mass is 16.5. The molecule has 1 heterocycles. The fourth-order valence-electron chi connectivity index (χ4n) is 3.06. The Bertz CT molecular complexity index is 902. The molecular formula is C23H26N2O3. The molecule has 0 saturated carbocycles. The third kappa shape index (κ3) is 4.74. The van der Waals surface area contributed by atoms with E-state index in [2.05, 4.69) is 0 Å². The molecule has 0 aliphatic rings. The average Bonchev–Trinajstić information content (AvgIpc) is 3.27. The number of amides is 1. The Hall–Kier alpha value is -3.21. The number of ether oxygens (including phenoxy) is 2. The summed E-state index contributed by atoms with van der Waals surface area (Å²) in [5.41, 5.74) is 3.20. The first-order valence-corrected chi connectivity index (χ1v) is 9.28. The minimum absolute atomic E-state index is 0.106. The Kier molecular flexibility index (Phi) is 6.37. The number of rotatable bonds is 8. The summed E-state index contributed by atoms with van der Waals surface area (Å²) < 4.78 is 12.6. The number of nitrogens with zero attached hydrogens (tertiary/aromatic N) is 2. The predicted molar refractivity (Wildman–Crippen MR) is 110 cm³/mol. The van der Waals surface area contributed by atoms with E-state index in [1.54, 1.807) is 19.1 Å². The lowest BCUT2D eigenvalue weighted by Crippen LogP contribution is -2.30. The Morgan fingerprint density at radius 2 is 1.57 bits per heavy atom. The maximum absolute atomic E-state index is 12.5. The van der Waals surface area contributed by atoms with Crippen LogP contribution < -0.4 is 9.47 Å². The Balaban J connectivity index is 1.54. The van der Waals surface area contributed by atoms with E-state index in [0.717, 1.165) is 23.2 Å². The minimum Gasteiger partial charge on any atom is -0.493 e.